The van der Waals surface area contributed by atoms with Gasteiger partial charge < -0.3 is 10.0 Å². The van der Waals surface area contributed by atoms with Gasteiger partial charge in [-0.15, -0.1) is 0 Å². The molecular weight excluding hydrogens is 246 g/mol. The molecule has 1 aliphatic rings. The number of nitrogens with zero attached hydrogens (tertiary/aromatic N) is 3. The number of aliphatic carboxylic acids is 1. The van der Waals surface area contributed by atoms with E-state index in [0.717, 1.165) is 12.8 Å². The molecule has 0 atom stereocenters. The lowest BCUT2D eigenvalue weighted by Crippen LogP contribution is -2.35. The highest BCUT2D eigenvalue weighted by Gasteiger charge is 2.33. The van der Waals surface area contributed by atoms with Gasteiger partial charge in [0.05, 0.1) is 23.4 Å². The Kier molecular flexibility index (Phi) is 3.78. The van der Waals surface area contributed by atoms with Crippen molar-refractivity contribution >= 4 is 11.9 Å². The SMILES string of the molecule is Cc1cc(C(=O)N(CCC(=O)O)C2CC2)c(C)nn1. The number of carbonyl (C=O) groups is 2. The Bertz CT molecular complexity index is 512. The van der Waals surface area contributed by atoms with Crippen LogP contribution in [0.1, 0.15) is 41.0 Å². The van der Waals surface area contributed by atoms with Gasteiger partial charge in [-0.25, -0.2) is 0 Å². The Morgan fingerprint density at radius 3 is 2.63 bits per heavy atom. The fourth-order valence-electron chi connectivity index (χ4n) is 1.97. The summed E-state index contributed by atoms with van der Waals surface area (Å²) in [5.74, 6) is -1.03. The zero-order valence-electron chi connectivity index (χ0n) is 11.1. The van der Waals surface area contributed by atoms with Gasteiger partial charge >= 0.3 is 5.97 Å². The molecule has 102 valence electrons. The molecule has 0 aliphatic heterocycles. The maximum absolute atomic E-state index is 12.5. The van der Waals surface area contributed by atoms with E-state index in [2.05, 4.69) is 10.2 Å². The Labute approximate surface area is 111 Å². The van der Waals surface area contributed by atoms with Crippen LogP contribution in [0.2, 0.25) is 0 Å². The number of amides is 1. The number of hydrogen-bond donors (Lipinski definition) is 1. The van der Waals surface area contributed by atoms with Crippen LogP contribution >= 0.6 is 0 Å². The molecule has 1 saturated carbocycles. The zero-order chi connectivity index (χ0) is 14.0. The average molecular weight is 263 g/mol. The fourth-order valence-corrected chi connectivity index (χ4v) is 1.97. The number of aromatic nitrogens is 2. The van der Waals surface area contributed by atoms with Gasteiger partial charge in [-0.3, -0.25) is 9.59 Å². The smallest absolute Gasteiger partial charge is 0.305 e. The highest BCUT2D eigenvalue weighted by Crippen LogP contribution is 2.28. The second-order valence-electron chi connectivity index (χ2n) is 4.86. The minimum atomic E-state index is -0.890. The molecule has 0 aromatic carbocycles. The molecule has 19 heavy (non-hydrogen) atoms. The summed E-state index contributed by atoms with van der Waals surface area (Å²) in [7, 11) is 0. The van der Waals surface area contributed by atoms with Crippen LogP contribution in [0.5, 0.6) is 0 Å². The third-order valence-corrected chi connectivity index (χ3v) is 3.15. The van der Waals surface area contributed by atoms with E-state index < -0.39 is 5.97 Å². The Balaban J connectivity index is 2.18. The molecule has 0 spiro atoms. The van der Waals surface area contributed by atoms with Crippen LogP contribution in [0, 0.1) is 13.8 Å². The molecule has 0 radical (unpaired) electrons. The van der Waals surface area contributed by atoms with Crippen molar-refractivity contribution in [3.8, 4) is 0 Å². The molecular formula is C13H17N3O3. The molecule has 6 heteroatoms. The second-order valence-corrected chi connectivity index (χ2v) is 4.86. The number of rotatable bonds is 5. The standard InChI is InChI=1S/C13H17N3O3/c1-8-7-11(9(2)15-14-8)13(19)16(10-3-4-10)6-5-12(17)18/h7,10H,3-6H2,1-2H3,(H,17,18). The van der Waals surface area contributed by atoms with E-state index in [1.807, 2.05) is 0 Å². The lowest BCUT2D eigenvalue weighted by molar-refractivity contribution is -0.137. The van der Waals surface area contributed by atoms with Crippen LogP contribution in [-0.2, 0) is 4.79 Å². The number of hydrogen-bond acceptors (Lipinski definition) is 4. The van der Waals surface area contributed by atoms with Gasteiger partial charge in [-0.05, 0) is 32.8 Å². The van der Waals surface area contributed by atoms with Gasteiger partial charge in [-0.1, -0.05) is 0 Å². The molecule has 0 unspecified atom stereocenters. The van der Waals surface area contributed by atoms with Crippen molar-refractivity contribution in [1.82, 2.24) is 15.1 Å². The maximum Gasteiger partial charge on any atom is 0.305 e. The minimum absolute atomic E-state index is 0.0290. The molecule has 1 aromatic heterocycles. The first-order chi connectivity index (χ1) is 8.99. The predicted octanol–water partition coefficient (Wildman–Crippen LogP) is 1.17. The van der Waals surface area contributed by atoms with Crippen LogP contribution in [0.25, 0.3) is 0 Å². The monoisotopic (exact) mass is 263 g/mol. The minimum Gasteiger partial charge on any atom is -0.481 e. The molecule has 1 aliphatic carbocycles. The van der Waals surface area contributed by atoms with Crippen LogP contribution in [0.4, 0.5) is 0 Å². The average Bonchev–Trinajstić information content (AvgIpc) is 3.16. The predicted molar refractivity (Wildman–Crippen MR) is 67.8 cm³/mol. The molecule has 2 rings (SSSR count). The van der Waals surface area contributed by atoms with E-state index in [-0.39, 0.29) is 24.9 Å². The van der Waals surface area contributed by atoms with E-state index in [1.54, 1.807) is 24.8 Å². The topological polar surface area (TPSA) is 83.4 Å². The third-order valence-electron chi connectivity index (χ3n) is 3.15. The lowest BCUT2D eigenvalue weighted by atomic mass is 10.1. The second kappa shape index (κ2) is 5.34. The van der Waals surface area contributed by atoms with Crippen molar-refractivity contribution in [3.63, 3.8) is 0 Å². The van der Waals surface area contributed by atoms with E-state index >= 15 is 0 Å². The van der Waals surface area contributed by atoms with Crippen molar-refractivity contribution < 1.29 is 14.7 Å². The van der Waals surface area contributed by atoms with Crippen molar-refractivity contribution in [2.24, 2.45) is 0 Å². The summed E-state index contributed by atoms with van der Waals surface area (Å²) in [5, 5.41) is 16.6. The normalized spacial score (nSPS) is 14.2. The van der Waals surface area contributed by atoms with Crippen LogP contribution in [0.3, 0.4) is 0 Å². The van der Waals surface area contributed by atoms with Gasteiger partial charge in [0, 0.05) is 12.6 Å². The highest BCUT2D eigenvalue weighted by molar-refractivity contribution is 5.95. The summed E-state index contributed by atoms with van der Waals surface area (Å²) >= 11 is 0. The maximum atomic E-state index is 12.5. The van der Waals surface area contributed by atoms with E-state index in [0.29, 0.717) is 17.0 Å². The van der Waals surface area contributed by atoms with Gasteiger partial charge in [0.1, 0.15) is 0 Å². The summed E-state index contributed by atoms with van der Waals surface area (Å²) in [4.78, 5) is 24.8. The van der Waals surface area contributed by atoms with Crippen molar-refractivity contribution in [2.75, 3.05) is 6.54 Å². The van der Waals surface area contributed by atoms with Crippen molar-refractivity contribution in [3.05, 3.63) is 23.0 Å². The van der Waals surface area contributed by atoms with Crippen molar-refractivity contribution in [2.45, 2.75) is 39.2 Å². The Hall–Kier alpha value is -1.98. The molecule has 6 nitrogen and oxygen atoms in total. The fraction of sp³-hybridized carbons (Fsp3) is 0.538. The first-order valence-electron chi connectivity index (χ1n) is 6.32. The van der Waals surface area contributed by atoms with Crippen molar-refractivity contribution in [1.29, 1.82) is 0 Å². The molecule has 0 bridgehead atoms. The van der Waals surface area contributed by atoms with E-state index in [9.17, 15) is 9.59 Å². The lowest BCUT2D eigenvalue weighted by Gasteiger charge is -2.22. The van der Waals surface area contributed by atoms with Crippen LogP contribution in [0.15, 0.2) is 6.07 Å². The summed E-state index contributed by atoms with van der Waals surface area (Å²) in [6.45, 7) is 3.77. The van der Waals surface area contributed by atoms with E-state index in [4.69, 9.17) is 5.11 Å². The molecule has 0 saturated heterocycles. The van der Waals surface area contributed by atoms with Crippen LogP contribution < -0.4 is 0 Å². The summed E-state index contributed by atoms with van der Waals surface area (Å²) in [6.07, 6.45) is 1.86. The zero-order valence-corrected chi connectivity index (χ0v) is 11.1. The van der Waals surface area contributed by atoms with E-state index in [1.165, 1.54) is 0 Å². The first-order valence-corrected chi connectivity index (χ1v) is 6.32. The highest BCUT2D eigenvalue weighted by atomic mass is 16.4. The Morgan fingerprint density at radius 1 is 1.37 bits per heavy atom. The van der Waals surface area contributed by atoms with Gasteiger partial charge in [0.15, 0.2) is 0 Å². The quantitative estimate of drug-likeness (QED) is 0.862. The summed E-state index contributed by atoms with van der Waals surface area (Å²) < 4.78 is 0. The molecule has 1 aromatic rings. The summed E-state index contributed by atoms with van der Waals surface area (Å²) in [5.41, 5.74) is 1.78. The molecule has 1 N–H and O–H groups in total. The van der Waals surface area contributed by atoms with Gasteiger partial charge in [0.2, 0.25) is 0 Å². The first kappa shape index (κ1) is 13.5. The third kappa shape index (κ3) is 3.27. The van der Waals surface area contributed by atoms with Crippen LogP contribution in [-0.4, -0.2) is 44.7 Å². The Morgan fingerprint density at radius 2 is 2.05 bits per heavy atom. The number of carboxylic acids is 1. The van der Waals surface area contributed by atoms with Gasteiger partial charge in [-0.2, -0.15) is 10.2 Å². The van der Waals surface area contributed by atoms with Gasteiger partial charge in [0.25, 0.3) is 5.91 Å². The summed E-state index contributed by atoms with van der Waals surface area (Å²) in [6, 6.07) is 1.89. The number of carboxylic acid groups (broad SMARTS) is 1. The molecule has 1 amide bonds. The number of carbonyl (C=O) groups excluding carboxylic acids is 1. The molecule has 1 heterocycles. The number of aryl methyl sites for hydroxylation is 2. The largest absolute Gasteiger partial charge is 0.481 e. The molecule has 1 fully saturated rings.